The largest absolute Gasteiger partial charge is 0.383 e. The smallest absolute Gasteiger partial charge is 0.267 e. The third-order valence-electron chi connectivity index (χ3n) is 6.21. The molecule has 1 amide bonds. The van der Waals surface area contributed by atoms with Gasteiger partial charge < -0.3 is 14.6 Å². The molecule has 0 aliphatic rings. The molecular formula is C28H22N6O3S2. The zero-order chi connectivity index (χ0) is 26.9. The van der Waals surface area contributed by atoms with Crippen LogP contribution in [-0.2, 0) is 11.3 Å². The molecule has 0 radical (unpaired) electrons. The van der Waals surface area contributed by atoms with Crippen molar-refractivity contribution in [2.75, 3.05) is 19.0 Å². The lowest BCUT2D eigenvalue weighted by Gasteiger charge is -2.13. The van der Waals surface area contributed by atoms with Crippen molar-refractivity contribution in [3.63, 3.8) is 0 Å². The van der Waals surface area contributed by atoms with Crippen molar-refractivity contribution in [2.45, 2.75) is 6.54 Å². The molecule has 9 nitrogen and oxygen atoms in total. The predicted octanol–water partition coefficient (Wildman–Crippen LogP) is 4.88. The van der Waals surface area contributed by atoms with Gasteiger partial charge in [0, 0.05) is 25.4 Å². The summed E-state index contributed by atoms with van der Waals surface area (Å²) < 4.78 is 8.46. The highest BCUT2D eigenvalue weighted by Crippen LogP contribution is 2.38. The van der Waals surface area contributed by atoms with E-state index in [9.17, 15) is 9.59 Å². The van der Waals surface area contributed by atoms with Crippen LogP contribution in [0.15, 0.2) is 83.1 Å². The topological polar surface area (TPSA) is 114 Å². The lowest BCUT2D eigenvalue weighted by Crippen LogP contribution is -2.28. The summed E-state index contributed by atoms with van der Waals surface area (Å²) in [5.74, 6) is -0.230. The Morgan fingerprint density at radius 2 is 1.90 bits per heavy atom. The molecule has 0 bridgehead atoms. The number of hydrogen-bond donors (Lipinski definition) is 2. The van der Waals surface area contributed by atoms with Crippen LogP contribution in [0.2, 0.25) is 0 Å². The molecule has 11 heteroatoms. The second-order valence-electron chi connectivity index (χ2n) is 8.63. The number of carbonyl (C=O) groups is 1. The molecule has 5 heterocycles. The average Bonchev–Trinajstić information content (AvgIpc) is 3.64. The number of rotatable bonds is 7. The first-order valence-electron chi connectivity index (χ1n) is 12.0. The molecule has 5 aromatic heterocycles. The number of benzene rings is 1. The van der Waals surface area contributed by atoms with Gasteiger partial charge in [-0.2, -0.15) is 0 Å². The second-order valence-corrected chi connectivity index (χ2v) is 10.6. The third kappa shape index (κ3) is 4.56. The number of nitrogens with zero attached hydrogens (tertiary/aromatic N) is 4. The number of pyridine rings is 2. The van der Waals surface area contributed by atoms with Crippen LogP contribution >= 0.6 is 22.7 Å². The monoisotopic (exact) mass is 554 g/mol. The third-order valence-corrected chi connectivity index (χ3v) is 8.09. The molecule has 2 N–H and O–H groups in total. The molecule has 0 saturated carbocycles. The lowest BCUT2D eigenvalue weighted by atomic mass is 10.1. The van der Waals surface area contributed by atoms with Gasteiger partial charge >= 0.3 is 0 Å². The van der Waals surface area contributed by atoms with Crippen LogP contribution in [0.1, 0.15) is 9.67 Å². The average molecular weight is 555 g/mol. The number of thiophene rings is 1. The number of carbonyl (C=O) groups excluding carboxylic acids is 1. The summed E-state index contributed by atoms with van der Waals surface area (Å²) in [4.78, 5) is 36.6. The van der Waals surface area contributed by atoms with E-state index in [2.05, 4.69) is 5.32 Å². The molecule has 0 spiro atoms. The Kier molecular flexibility index (Phi) is 6.61. The van der Waals surface area contributed by atoms with E-state index in [1.54, 1.807) is 42.1 Å². The van der Waals surface area contributed by atoms with Crippen LogP contribution in [-0.4, -0.2) is 38.6 Å². The van der Waals surface area contributed by atoms with E-state index in [-0.39, 0.29) is 17.0 Å². The summed E-state index contributed by atoms with van der Waals surface area (Å²) in [6.45, 7) is 0.661. The van der Waals surface area contributed by atoms with Crippen LogP contribution in [0.4, 0.5) is 5.00 Å². The van der Waals surface area contributed by atoms with Gasteiger partial charge in [-0.25, -0.2) is 9.97 Å². The molecule has 0 fully saturated rings. The van der Waals surface area contributed by atoms with E-state index in [0.29, 0.717) is 56.0 Å². The van der Waals surface area contributed by atoms with E-state index >= 15 is 0 Å². The summed E-state index contributed by atoms with van der Waals surface area (Å²) in [6.07, 6.45) is 1.67. The number of ether oxygens (including phenoxy) is 1. The Balaban J connectivity index is 1.58. The number of hydrogen-bond acceptors (Lipinski definition) is 8. The summed E-state index contributed by atoms with van der Waals surface area (Å²) >= 11 is 2.62. The molecule has 194 valence electrons. The first-order chi connectivity index (χ1) is 19.0. The number of thiazole rings is 1. The maximum absolute atomic E-state index is 13.5. The maximum atomic E-state index is 13.5. The van der Waals surface area contributed by atoms with Gasteiger partial charge in [0.15, 0.2) is 0 Å². The minimum atomic E-state index is -0.242. The van der Waals surface area contributed by atoms with Crippen LogP contribution in [0, 0.1) is 5.41 Å². The van der Waals surface area contributed by atoms with E-state index in [4.69, 9.17) is 20.1 Å². The molecule has 6 aromatic rings. The molecule has 0 saturated heterocycles. The number of amides is 1. The summed E-state index contributed by atoms with van der Waals surface area (Å²) in [5, 5.41) is 15.4. The quantitative estimate of drug-likeness (QED) is 0.273. The number of fused-ring (bicyclic) bond motifs is 2. The maximum Gasteiger partial charge on any atom is 0.267 e. The van der Waals surface area contributed by atoms with Gasteiger partial charge in [-0.05, 0) is 29.6 Å². The van der Waals surface area contributed by atoms with Crippen molar-refractivity contribution < 1.29 is 9.53 Å². The molecular weight excluding hydrogens is 532 g/mol. The number of methoxy groups -OCH3 is 1. The lowest BCUT2D eigenvalue weighted by molar-refractivity contribution is 0.103. The van der Waals surface area contributed by atoms with Crippen LogP contribution < -0.4 is 16.4 Å². The number of aromatic nitrogens is 4. The summed E-state index contributed by atoms with van der Waals surface area (Å²) in [7, 11) is 1.59. The Morgan fingerprint density at radius 3 is 2.67 bits per heavy atom. The van der Waals surface area contributed by atoms with Gasteiger partial charge in [0.05, 0.1) is 22.4 Å². The van der Waals surface area contributed by atoms with Gasteiger partial charge in [0.25, 0.3) is 11.5 Å². The minimum Gasteiger partial charge on any atom is -0.383 e. The van der Waals surface area contributed by atoms with E-state index in [0.717, 1.165) is 5.56 Å². The fraction of sp³-hybridized carbons (Fsp3) is 0.107. The second kappa shape index (κ2) is 10.4. The minimum absolute atomic E-state index is 0.149. The van der Waals surface area contributed by atoms with E-state index < -0.39 is 0 Å². The Labute approximate surface area is 230 Å². The summed E-state index contributed by atoms with van der Waals surface area (Å²) in [6, 6.07) is 20.2. The first-order valence-corrected chi connectivity index (χ1v) is 13.7. The Morgan fingerprint density at radius 1 is 1.08 bits per heavy atom. The van der Waals surface area contributed by atoms with Crippen molar-refractivity contribution in [1.29, 1.82) is 5.41 Å². The molecule has 39 heavy (non-hydrogen) atoms. The highest BCUT2D eigenvalue weighted by atomic mass is 32.1. The van der Waals surface area contributed by atoms with Crippen LogP contribution in [0.25, 0.3) is 38.5 Å². The molecule has 1 aromatic carbocycles. The Bertz CT molecular complexity index is 1940. The van der Waals surface area contributed by atoms with Crippen LogP contribution in [0.5, 0.6) is 0 Å². The summed E-state index contributed by atoms with van der Waals surface area (Å²) in [5.41, 5.74) is 2.69. The fourth-order valence-electron chi connectivity index (χ4n) is 4.33. The SMILES string of the molecule is COCCn1c(=N)c(-c2nc(-c3ccccc3)c(NC(=O)c3cccs3)s2)cc2c(=O)n3ccccc3nc21. The molecule has 0 unspecified atom stereocenters. The number of nitrogens with one attached hydrogen (secondary N) is 2. The van der Waals surface area contributed by atoms with Crippen molar-refractivity contribution in [3.8, 4) is 21.8 Å². The van der Waals surface area contributed by atoms with Crippen molar-refractivity contribution in [3.05, 3.63) is 99.0 Å². The standard InChI is InChI=1S/C28H22N6O3S2/c1-37-14-13-34-23(29)18(16-19-24(34)30-21-11-5-6-12-33(21)28(19)36)26-31-22(17-8-3-2-4-9-17)27(39-26)32-25(35)20-10-7-15-38-20/h2-12,15-16,29H,13-14H2,1H3,(H,32,35). The van der Waals surface area contributed by atoms with Gasteiger partial charge in [-0.1, -0.05) is 53.8 Å². The normalized spacial score (nSPS) is 11.3. The number of anilines is 1. The molecule has 0 atom stereocenters. The Hall–Kier alpha value is -4.45. The van der Waals surface area contributed by atoms with E-state index in [1.165, 1.54) is 27.1 Å². The fourth-order valence-corrected chi connectivity index (χ4v) is 5.95. The first kappa shape index (κ1) is 24.9. The van der Waals surface area contributed by atoms with Crippen molar-refractivity contribution in [2.24, 2.45) is 0 Å². The van der Waals surface area contributed by atoms with Crippen molar-refractivity contribution in [1.82, 2.24) is 18.9 Å². The van der Waals surface area contributed by atoms with Gasteiger partial charge in [0.1, 0.15) is 32.5 Å². The molecule has 6 rings (SSSR count). The predicted molar refractivity (Wildman–Crippen MR) is 154 cm³/mol. The van der Waals surface area contributed by atoms with Gasteiger partial charge in [0.2, 0.25) is 0 Å². The zero-order valence-corrected chi connectivity index (χ0v) is 22.4. The van der Waals surface area contributed by atoms with Crippen molar-refractivity contribution >= 4 is 50.3 Å². The highest BCUT2D eigenvalue weighted by Gasteiger charge is 2.21. The molecule has 0 aliphatic carbocycles. The van der Waals surface area contributed by atoms with Crippen LogP contribution in [0.3, 0.4) is 0 Å². The van der Waals surface area contributed by atoms with E-state index in [1.807, 2.05) is 47.8 Å². The van der Waals surface area contributed by atoms with Gasteiger partial charge in [-0.15, -0.1) is 11.3 Å². The highest BCUT2D eigenvalue weighted by molar-refractivity contribution is 7.19. The zero-order valence-electron chi connectivity index (χ0n) is 20.7. The van der Waals surface area contributed by atoms with Gasteiger partial charge in [-0.3, -0.25) is 19.4 Å². The molecule has 0 aliphatic heterocycles.